The Morgan fingerprint density at radius 3 is 2.94 bits per heavy atom. The number of nitro benzene ring substituents is 1. The van der Waals surface area contributed by atoms with Crippen LogP contribution < -0.4 is 11.1 Å². The number of nitrogens with two attached hydrogens (primary N) is 1. The van der Waals surface area contributed by atoms with E-state index in [4.69, 9.17) is 10.3 Å². The Bertz CT molecular complexity index is 524. The Morgan fingerprint density at radius 1 is 1.47 bits per heavy atom. The second-order valence-electron chi connectivity index (χ2n) is 3.33. The number of rotatable bonds is 4. The lowest BCUT2D eigenvalue weighted by atomic mass is 10.2. The van der Waals surface area contributed by atoms with Crippen molar-refractivity contribution in [3.05, 3.63) is 46.3 Å². The monoisotopic (exact) mass is 234 g/mol. The topological polar surface area (TPSA) is 107 Å². The Balaban J connectivity index is 2.21. The molecule has 2 rings (SSSR count). The molecule has 7 heteroatoms. The van der Waals surface area contributed by atoms with Crippen LogP contribution in [-0.2, 0) is 6.54 Å². The molecule has 1 aromatic carbocycles. The molecule has 2 aromatic rings. The van der Waals surface area contributed by atoms with E-state index in [1.807, 2.05) is 0 Å². The van der Waals surface area contributed by atoms with Gasteiger partial charge in [-0.25, -0.2) is 0 Å². The molecule has 0 spiro atoms. The lowest BCUT2D eigenvalue weighted by Gasteiger charge is -2.06. The van der Waals surface area contributed by atoms with Gasteiger partial charge in [-0.2, -0.15) is 0 Å². The fourth-order valence-electron chi connectivity index (χ4n) is 1.42. The first-order valence-corrected chi connectivity index (χ1v) is 4.85. The number of nitro groups is 1. The summed E-state index contributed by atoms with van der Waals surface area (Å²) in [5, 5.41) is 17.3. The zero-order valence-electron chi connectivity index (χ0n) is 8.79. The smallest absolute Gasteiger partial charge is 0.314 e. The molecule has 88 valence electrons. The fraction of sp³-hybridized carbons (Fsp3) is 0.100. The summed E-state index contributed by atoms with van der Waals surface area (Å²) in [6.45, 7) is 0.310. The Morgan fingerprint density at radius 2 is 2.29 bits per heavy atom. The van der Waals surface area contributed by atoms with E-state index in [1.165, 1.54) is 12.3 Å². The molecular formula is C10H10N4O3. The van der Waals surface area contributed by atoms with Crippen LogP contribution in [0.2, 0.25) is 0 Å². The molecule has 0 aliphatic rings. The predicted octanol–water partition coefficient (Wildman–Crippen LogP) is 1.78. The number of benzene rings is 1. The number of para-hydroxylation sites is 1. The zero-order chi connectivity index (χ0) is 12.3. The predicted molar refractivity (Wildman–Crippen MR) is 61.3 cm³/mol. The summed E-state index contributed by atoms with van der Waals surface area (Å²) in [5.41, 5.74) is 5.90. The highest BCUT2D eigenvalue weighted by atomic mass is 16.6. The quantitative estimate of drug-likeness (QED) is 0.474. The number of nitrogens with zero attached hydrogens (tertiary/aromatic N) is 2. The van der Waals surface area contributed by atoms with Crippen molar-refractivity contribution in [2.24, 2.45) is 0 Å². The largest absolute Gasteiger partial charge is 0.393 e. The molecule has 0 aliphatic heterocycles. The zero-order valence-corrected chi connectivity index (χ0v) is 8.79. The molecule has 1 heterocycles. The molecule has 0 radical (unpaired) electrons. The summed E-state index contributed by atoms with van der Waals surface area (Å²) in [4.78, 5) is 10.3. The summed E-state index contributed by atoms with van der Waals surface area (Å²) in [7, 11) is 0. The second kappa shape index (κ2) is 4.52. The van der Waals surface area contributed by atoms with Crippen LogP contribution in [0.3, 0.4) is 0 Å². The van der Waals surface area contributed by atoms with E-state index in [9.17, 15) is 10.1 Å². The van der Waals surface area contributed by atoms with Crippen LogP contribution >= 0.6 is 0 Å². The van der Waals surface area contributed by atoms with E-state index in [2.05, 4.69) is 10.5 Å². The van der Waals surface area contributed by atoms with Gasteiger partial charge in [0.1, 0.15) is 11.4 Å². The van der Waals surface area contributed by atoms with Crippen molar-refractivity contribution < 1.29 is 9.45 Å². The van der Waals surface area contributed by atoms with Crippen molar-refractivity contribution in [2.75, 3.05) is 11.1 Å². The van der Waals surface area contributed by atoms with Crippen LogP contribution in [0.4, 0.5) is 17.1 Å². The van der Waals surface area contributed by atoms with Gasteiger partial charge < -0.3 is 15.6 Å². The lowest BCUT2D eigenvalue weighted by Crippen LogP contribution is -2.04. The summed E-state index contributed by atoms with van der Waals surface area (Å²) in [5.74, 6) is 0.585. The van der Waals surface area contributed by atoms with Gasteiger partial charge >= 0.3 is 5.69 Å². The van der Waals surface area contributed by atoms with Crippen molar-refractivity contribution in [2.45, 2.75) is 6.54 Å². The first kappa shape index (κ1) is 10.9. The van der Waals surface area contributed by atoms with E-state index in [0.29, 0.717) is 18.0 Å². The summed E-state index contributed by atoms with van der Waals surface area (Å²) < 4.78 is 4.87. The molecular weight excluding hydrogens is 224 g/mol. The molecule has 0 unspecified atom stereocenters. The normalized spacial score (nSPS) is 10.1. The van der Waals surface area contributed by atoms with Crippen molar-refractivity contribution >= 4 is 17.1 Å². The van der Waals surface area contributed by atoms with Crippen LogP contribution in [0.15, 0.2) is 35.0 Å². The Labute approximate surface area is 96.4 Å². The molecule has 0 saturated heterocycles. The van der Waals surface area contributed by atoms with Gasteiger partial charge in [-0.1, -0.05) is 11.2 Å². The average Bonchev–Trinajstić information content (AvgIpc) is 2.78. The summed E-state index contributed by atoms with van der Waals surface area (Å²) in [6.07, 6.45) is 1.50. The number of hydrogen-bond acceptors (Lipinski definition) is 6. The van der Waals surface area contributed by atoms with E-state index in [-0.39, 0.29) is 11.4 Å². The van der Waals surface area contributed by atoms with Crippen LogP contribution in [0.25, 0.3) is 0 Å². The molecule has 0 bridgehead atoms. The SMILES string of the molecule is Nc1cccc(NCc2ccno2)c1[N+](=O)[O-]. The van der Waals surface area contributed by atoms with Gasteiger partial charge in [0.15, 0.2) is 5.76 Å². The highest BCUT2D eigenvalue weighted by molar-refractivity contribution is 5.74. The highest BCUT2D eigenvalue weighted by Gasteiger charge is 2.17. The molecule has 0 saturated carbocycles. The van der Waals surface area contributed by atoms with Gasteiger partial charge in [0.05, 0.1) is 17.7 Å². The maximum atomic E-state index is 10.9. The van der Waals surface area contributed by atoms with E-state index < -0.39 is 4.92 Å². The second-order valence-corrected chi connectivity index (χ2v) is 3.33. The van der Waals surface area contributed by atoms with Crippen LogP contribution in [0.1, 0.15) is 5.76 Å². The number of aromatic nitrogens is 1. The Kier molecular flexibility index (Phi) is 2.91. The number of nitrogen functional groups attached to an aromatic ring is 1. The fourth-order valence-corrected chi connectivity index (χ4v) is 1.42. The van der Waals surface area contributed by atoms with Crippen LogP contribution in [0, 0.1) is 10.1 Å². The van der Waals surface area contributed by atoms with Crippen molar-refractivity contribution in [3.8, 4) is 0 Å². The van der Waals surface area contributed by atoms with Gasteiger partial charge in [-0.3, -0.25) is 10.1 Å². The van der Waals surface area contributed by atoms with E-state index >= 15 is 0 Å². The Hall–Kier alpha value is -2.57. The van der Waals surface area contributed by atoms with E-state index in [1.54, 1.807) is 18.2 Å². The third-order valence-electron chi connectivity index (χ3n) is 2.19. The van der Waals surface area contributed by atoms with Crippen molar-refractivity contribution in [3.63, 3.8) is 0 Å². The standard InChI is InChI=1S/C10H10N4O3/c11-8-2-1-3-9(10(8)14(15)16)12-6-7-4-5-13-17-7/h1-5,12H,6,11H2. The van der Waals surface area contributed by atoms with Crippen LogP contribution in [-0.4, -0.2) is 10.1 Å². The highest BCUT2D eigenvalue weighted by Crippen LogP contribution is 2.30. The summed E-state index contributed by atoms with van der Waals surface area (Å²) in [6, 6.07) is 6.39. The van der Waals surface area contributed by atoms with Gasteiger partial charge in [0.2, 0.25) is 0 Å². The lowest BCUT2D eigenvalue weighted by molar-refractivity contribution is -0.383. The maximum Gasteiger partial charge on any atom is 0.314 e. The first-order valence-electron chi connectivity index (χ1n) is 4.85. The number of anilines is 2. The van der Waals surface area contributed by atoms with Crippen molar-refractivity contribution in [1.29, 1.82) is 0 Å². The molecule has 17 heavy (non-hydrogen) atoms. The molecule has 1 aromatic heterocycles. The van der Waals surface area contributed by atoms with Gasteiger partial charge in [-0.15, -0.1) is 0 Å². The molecule has 7 nitrogen and oxygen atoms in total. The van der Waals surface area contributed by atoms with E-state index in [0.717, 1.165) is 0 Å². The summed E-state index contributed by atoms with van der Waals surface area (Å²) >= 11 is 0. The molecule has 0 aliphatic carbocycles. The van der Waals surface area contributed by atoms with Gasteiger partial charge in [0.25, 0.3) is 0 Å². The maximum absolute atomic E-state index is 10.9. The van der Waals surface area contributed by atoms with Crippen molar-refractivity contribution in [1.82, 2.24) is 5.16 Å². The number of nitrogens with one attached hydrogen (secondary N) is 1. The van der Waals surface area contributed by atoms with Gasteiger partial charge in [-0.05, 0) is 12.1 Å². The third kappa shape index (κ3) is 2.33. The van der Waals surface area contributed by atoms with Crippen LogP contribution in [0.5, 0.6) is 0 Å². The third-order valence-corrected chi connectivity index (χ3v) is 2.19. The minimum absolute atomic E-state index is 0.123. The molecule has 0 atom stereocenters. The first-order chi connectivity index (χ1) is 8.18. The minimum atomic E-state index is -0.516. The minimum Gasteiger partial charge on any atom is -0.393 e. The average molecular weight is 234 g/mol. The molecule has 3 N–H and O–H groups in total. The number of hydrogen-bond donors (Lipinski definition) is 2. The molecule has 0 fully saturated rings. The van der Waals surface area contributed by atoms with Gasteiger partial charge in [0, 0.05) is 6.07 Å². The molecule has 0 amide bonds.